The van der Waals surface area contributed by atoms with E-state index in [1.54, 1.807) is 21.3 Å². The highest BCUT2D eigenvalue weighted by Gasteiger charge is 2.37. The van der Waals surface area contributed by atoms with E-state index in [-0.39, 0.29) is 5.41 Å². The Morgan fingerprint density at radius 3 is 2.00 bits per heavy atom. The highest BCUT2D eigenvalue weighted by atomic mass is 16.5. The van der Waals surface area contributed by atoms with Crippen LogP contribution in [0.3, 0.4) is 0 Å². The number of methoxy groups -OCH3 is 3. The van der Waals surface area contributed by atoms with Crippen molar-refractivity contribution in [3.05, 3.63) is 23.3 Å². The summed E-state index contributed by atoms with van der Waals surface area (Å²) in [6, 6.07) is 4.10. The first-order valence-electron chi connectivity index (χ1n) is 7.65. The Labute approximate surface area is 127 Å². The number of hydrogen-bond donors (Lipinski definition) is 1. The molecule has 0 spiro atoms. The largest absolute Gasteiger partial charge is 0.496 e. The molecule has 0 aliphatic heterocycles. The van der Waals surface area contributed by atoms with Crippen LogP contribution in [0.15, 0.2) is 12.1 Å². The second-order valence-corrected chi connectivity index (χ2v) is 5.85. The third-order valence-electron chi connectivity index (χ3n) is 4.61. The van der Waals surface area contributed by atoms with Crippen LogP contribution in [-0.2, 0) is 16.8 Å². The zero-order valence-electron chi connectivity index (χ0n) is 13.4. The van der Waals surface area contributed by atoms with E-state index < -0.39 is 0 Å². The number of nitrogens with two attached hydrogens (primary N) is 1. The van der Waals surface area contributed by atoms with Crippen molar-refractivity contribution in [1.82, 2.24) is 0 Å². The van der Waals surface area contributed by atoms with Crippen molar-refractivity contribution in [3.63, 3.8) is 0 Å². The molecule has 0 atom stereocenters. The van der Waals surface area contributed by atoms with Gasteiger partial charge in [-0.05, 0) is 30.5 Å². The highest BCUT2D eigenvalue weighted by Crippen LogP contribution is 2.47. The van der Waals surface area contributed by atoms with Crippen LogP contribution in [0.2, 0.25) is 0 Å². The van der Waals surface area contributed by atoms with Gasteiger partial charge in [0.05, 0.1) is 20.8 Å². The summed E-state index contributed by atoms with van der Waals surface area (Å²) in [7, 11) is 5.11. The molecule has 2 rings (SSSR count). The molecule has 1 fully saturated rings. The topological polar surface area (TPSA) is 53.7 Å². The lowest BCUT2D eigenvalue weighted by Crippen LogP contribution is -2.38. The molecule has 0 heterocycles. The highest BCUT2D eigenvalue weighted by molar-refractivity contribution is 5.53. The van der Waals surface area contributed by atoms with Crippen LogP contribution < -0.4 is 15.2 Å². The van der Waals surface area contributed by atoms with Crippen LogP contribution in [0, 0.1) is 0 Å². The number of rotatable bonds is 6. The molecule has 1 saturated carbocycles. The molecule has 21 heavy (non-hydrogen) atoms. The average molecular weight is 293 g/mol. The molecule has 4 heteroatoms. The maximum absolute atomic E-state index is 6.18. The summed E-state index contributed by atoms with van der Waals surface area (Å²) in [5.41, 5.74) is 8.34. The minimum atomic E-state index is -0.0272. The molecule has 2 N–H and O–H groups in total. The number of benzene rings is 1. The Morgan fingerprint density at radius 2 is 1.57 bits per heavy atom. The van der Waals surface area contributed by atoms with Gasteiger partial charge in [0.2, 0.25) is 0 Å². The first kappa shape index (κ1) is 16.1. The monoisotopic (exact) mass is 293 g/mol. The first-order chi connectivity index (χ1) is 10.2. The van der Waals surface area contributed by atoms with Crippen molar-refractivity contribution in [2.45, 2.75) is 44.1 Å². The van der Waals surface area contributed by atoms with Gasteiger partial charge in [0.1, 0.15) is 11.5 Å². The van der Waals surface area contributed by atoms with Gasteiger partial charge in [0, 0.05) is 24.6 Å². The van der Waals surface area contributed by atoms with Gasteiger partial charge in [-0.3, -0.25) is 0 Å². The molecule has 0 saturated heterocycles. The number of hydrogen-bond acceptors (Lipinski definition) is 4. The van der Waals surface area contributed by atoms with E-state index in [0.29, 0.717) is 13.2 Å². The van der Waals surface area contributed by atoms with Crippen LogP contribution in [0.5, 0.6) is 11.5 Å². The molecule has 0 radical (unpaired) electrons. The molecule has 1 aromatic carbocycles. The van der Waals surface area contributed by atoms with Gasteiger partial charge < -0.3 is 19.9 Å². The summed E-state index contributed by atoms with van der Waals surface area (Å²) < 4.78 is 16.6. The standard InChI is InChI=1S/C17H27NO3/c1-19-11-13-9-14(20-2)16(15(10-13)21-3)17(12-18)7-5-4-6-8-17/h9-10H,4-8,11-12,18H2,1-3H3. The quantitative estimate of drug-likeness (QED) is 0.876. The number of ether oxygens (including phenoxy) is 3. The van der Waals surface area contributed by atoms with E-state index in [9.17, 15) is 0 Å². The van der Waals surface area contributed by atoms with Gasteiger partial charge in [-0.25, -0.2) is 0 Å². The third-order valence-corrected chi connectivity index (χ3v) is 4.61. The molecule has 1 aromatic rings. The van der Waals surface area contributed by atoms with Gasteiger partial charge in [-0.1, -0.05) is 19.3 Å². The van der Waals surface area contributed by atoms with E-state index in [0.717, 1.165) is 35.5 Å². The van der Waals surface area contributed by atoms with Gasteiger partial charge in [-0.15, -0.1) is 0 Å². The normalized spacial score (nSPS) is 17.5. The molecule has 1 aliphatic carbocycles. The lowest BCUT2D eigenvalue weighted by atomic mass is 9.68. The van der Waals surface area contributed by atoms with Gasteiger partial charge in [0.25, 0.3) is 0 Å². The first-order valence-corrected chi connectivity index (χ1v) is 7.65. The second kappa shape index (κ2) is 7.14. The summed E-state index contributed by atoms with van der Waals surface area (Å²) in [5, 5.41) is 0. The van der Waals surface area contributed by atoms with Gasteiger partial charge >= 0.3 is 0 Å². The summed E-state index contributed by atoms with van der Waals surface area (Å²) in [5.74, 6) is 1.74. The Kier molecular flexibility index (Phi) is 5.48. The lowest BCUT2D eigenvalue weighted by molar-refractivity contribution is 0.184. The molecule has 1 aliphatic rings. The van der Waals surface area contributed by atoms with Gasteiger partial charge in [0.15, 0.2) is 0 Å². The van der Waals surface area contributed by atoms with E-state index in [1.807, 2.05) is 12.1 Å². The predicted octanol–water partition coefficient (Wildman–Crippen LogP) is 3.01. The van der Waals surface area contributed by atoms with Gasteiger partial charge in [-0.2, -0.15) is 0 Å². The van der Waals surface area contributed by atoms with Crippen molar-refractivity contribution in [3.8, 4) is 11.5 Å². The maximum Gasteiger partial charge on any atom is 0.126 e. The molecular formula is C17H27NO3. The fourth-order valence-corrected chi connectivity index (χ4v) is 3.52. The summed E-state index contributed by atoms with van der Waals surface area (Å²) in [6.45, 7) is 1.17. The smallest absolute Gasteiger partial charge is 0.126 e. The van der Waals surface area contributed by atoms with Crippen LogP contribution >= 0.6 is 0 Å². The van der Waals surface area contributed by atoms with E-state index in [1.165, 1.54) is 19.3 Å². The van der Waals surface area contributed by atoms with E-state index in [2.05, 4.69) is 0 Å². The summed E-state index contributed by atoms with van der Waals surface area (Å²) in [6.07, 6.45) is 5.90. The van der Waals surface area contributed by atoms with E-state index in [4.69, 9.17) is 19.9 Å². The Bertz CT molecular complexity index is 442. The molecule has 0 amide bonds. The molecule has 0 aromatic heterocycles. The second-order valence-electron chi connectivity index (χ2n) is 5.85. The van der Waals surface area contributed by atoms with Crippen molar-refractivity contribution < 1.29 is 14.2 Å². The molecule has 0 bridgehead atoms. The summed E-state index contributed by atoms with van der Waals surface area (Å²) in [4.78, 5) is 0. The molecular weight excluding hydrogens is 266 g/mol. The molecule has 118 valence electrons. The third kappa shape index (κ3) is 3.16. The fraction of sp³-hybridized carbons (Fsp3) is 0.647. The van der Waals surface area contributed by atoms with Crippen LogP contribution in [0.1, 0.15) is 43.2 Å². The van der Waals surface area contributed by atoms with Crippen molar-refractivity contribution in [2.75, 3.05) is 27.9 Å². The van der Waals surface area contributed by atoms with Crippen LogP contribution in [0.4, 0.5) is 0 Å². The zero-order valence-corrected chi connectivity index (χ0v) is 13.4. The summed E-state index contributed by atoms with van der Waals surface area (Å²) >= 11 is 0. The Morgan fingerprint density at radius 1 is 1.00 bits per heavy atom. The predicted molar refractivity (Wildman–Crippen MR) is 84.1 cm³/mol. The van der Waals surface area contributed by atoms with Crippen molar-refractivity contribution in [1.29, 1.82) is 0 Å². The zero-order chi connectivity index (χ0) is 15.3. The minimum Gasteiger partial charge on any atom is -0.496 e. The SMILES string of the molecule is COCc1cc(OC)c(C2(CN)CCCCC2)c(OC)c1. The van der Waals surface area contributed by atoms with Crippen LogP contribution in [-0.4, -0.2) is 27.9 Å². The molecule has 4 nitrogen and oxygen atoms in total. The Hall–Kier alpha value is -1.26. The van der Waals surface area contributed by atoms with E-state index >= 15 is 0 Å². The minimum absolute atomic E-state index is 0.0272. The fourth-order valence-electron chi connectivity index (χ4n) is 3.52. The lowest BCUT2D eigenvalue weighted by Gasteiger charge is -2.38. The van der Waals surface area contributed by atoms with Crippen molar-refractivity contribution in [2.24, 2.45) is 5.73 Å². The van der Waals surface area contributed by atoms with Crippen molar-refractivity contribution >= 4 is 0 Å². The van der Waals surface area contributed by atoms with Crippen LogP contribution in [0.25, 0.3) is 0 Å². The molecule has 0 unspecified atom stereocenters. The maximum atomic E-state index is 6.18. The average Bonchev–Trinajstić information content (AvgIpc) is 2.54. The Balaban J connectivity index is 2.54.